The first-order valence-electron chi connectivity index (χ1n) is 10.6. The molecule has 0 bridgehead atoms. The number of carbonyl (C=O) groups is 2. The zero-order valence-electron chi connectivity index (χ0n) is 18.3. The highest BCUT2D eigenvalue weighted by molar-refractivity contribution is 6.01. The van der Waals surface area contributed by atoms with E-state index in [2.05, 4.69) is 24.1 Å². The minimum atomic E-state index is -1.32. The van der Waals surface area contributed by atoms with Gasteiger partial charge >= 0.3 is 6.03 Å². The van der Waals surface area contributed by atoms with Crippen LogP contribution in [0.4, 0.5) is 18.0 Å². The van der Waals surface area contributed by atoms with E-state index in [9.17, 15) is 22.8 Å². The predicted octanol–water partition coefficient (Wildman–Crippen LogP) is 3.41. The first-order chi connectivity index (χ1) is 14.7. The molecule has 1 N–H and O–H groups in total. The molecule has 2 atom stereocenters. The number of carbonyl (C=O) groups excluding carboxylic acids is 2. The van der Waals surface area contributed by atoms with Gasteiger partial charge in [-0.2, -0.15) is 0 Å². The summed E-state index contributed by atoms with van der Waals surface area (Å²) in [6.45, 7) is 9.22. The van der Waals surface area contributed by atoms with Crippen LogP contribution in [0, 0.1) is 17.5 Å². The Kier molecular flexibility index (Phi) is 6.93. The molecule has 170 valence electrons. The van der Waals surface area contributed by atoms with Crippen molar-refractivity contribution in [2.75, 3.05) is 33.2 Å². The molecule has 2 aliphatic heterocycles. The fourth-order valence-electron chi connectivity index (χ4n) is 4.24. The molecule has 0 aliphatic carbocycles. The number of benzene rings is 1. The van der Waals surface area contributed by atoms with Crippen molar-refractivity contribution >= 4 is 11.9 Å². The second kappa shape index (κ2) is 9.30. The summed E-state index contributed by atoms with van der Waals surface area (Å²) < 4.78 is 41.7. The Morgan fingerprint density at radius 3 is 2.42 bits per heavy atom. The third-order valence-corrected chi connectivity index (χ3v) is 6.26. The summed E-state index contributed by atoms with van der Waals surface area (Å²) in [4.78, 5) is 31.0. The van der Waals surface area contributed by atoms with Gasteiger partial charge in [-0.15, -0.1) is 0 Å². The van der Waals surface area contributed by atoms with Crippen molar-refractivity contribution in [2.24, 2.45) is 0 Å². The summed E-state index contributed by atoms with van der Waals surface area (Å²) in [5.41, 5.74) is 0.387. The molecule has 2 aliphatic rings. The van der Waals surface area contributed by atoms with E-state index in [1.54, 1.807) is 4.90 Å². The van der Waals surface area contributed by atoms with E-state index in [0.29, 0.717) is 17.8 Å². The zero-order chi connectivity index (χ0) is 22.9. The number of nitrogens with zero attached hydrogens (tertiary/aromatic N) is 3. The normalized spacial score (nSPS) is 19.9. The smallest absolute Gasteiger partial charge is 0.322 e. The highest BCUT2D eigenvalue weighted by Gasteiger charge is 2.44. The lowest BCUT2D eigenvalue weighted by Gasteiger charge is -2.31. The van der Waals surface area contributed by atoms with Crippen molar-refractivity contribution in [2.45, 2.75) is 45.7 Å². The number of hydrogen-bond acceptors (Lipinski definition) is 3. The number of likely N-dealkylation sites (N-methyl/N-ethyl adjacent to an activating group) is 1. The molecule has 0 radical (unpaired) electrons. The van der Waals surface area contributed by atoms with Gasteiger partial charge in [-0.25, -0.2) is 18.0 Å². The molecule has 0 saturated carbocycles. The molecule has 6 nitrogen and oxygen atoms in total. The zero-order valence-corrected chi connectivity index (χ0v) is 18.3. The second-order valence-corrected chi connectivity index (χ2v) is 8.04. The van der Waals surface area contributed by atoms with Crippen LogP contribution in [0.15, 0.2) is 23.4 Å². The van der Waals surface area contributed by atoms with E-state index in [1.165, 1.54) is 11.9 Å². The Morgan fingerprint density at radius 2 is 1.77 bits per heavy atom. The summed E-state index contributed by atoms with van der Waals surface area (Å²) in [7, 11) is 1.53. The second-order valence-electron chi connectivity index (χ2n) is 8.04. The van der Waals surface area contributed by atoms with Crippen LogP contribution in [-0.2, 0) is 4.79 Å². The lowest BCUT2D eigenvalue weighted by molar-refractivity contribution is -0.127. The van der Waals surface area contributed by atoms with Gasteiger partial charge in [-0.1, -0.05) is 13.8 Å². The number of nitrogens with one attached hydrogen (secondary N) is 1. The highest BCUT2D eigenvalue weighted by atomic mass is 19.2. The van der Waals surface area contributed by atoms with E-state index >= 15 is 0 Å². The number of rotatable bonds is 8. The van der Waals surface area contributed by atoms with Crippen molar-refractivity contribution in [1.29, 1.82) is 0 Å². The molecular formula is C22H29F3N4O2. The molecule has 0 aromatic heterocycles. The van der Waals surface area contributed by atoms with Gasteiger partial charge in [0.2, 0.25) is 0 Å². The van der Waals surface area contributed by atoms with E-state index in [1.807, 2.05) is 6.92 Å². The van der Waals surface area contributed by atoms with Gasteiger partial charge in [0, 0.05) is 24.7 Å². The third-order valence-electron chi connectivity index (χ3n) is 6.26. The topological polar surface area (TPSA) is 55.9 Å². The van der Waals surface area contributed by atoms with Gasteiger partial charge in [0.05, 0.1) is 23.9 Å². The van der Waals surface area contributed by atoms with Gasteiger partial charge in [-0.3, -0.25) is 9.69 Å². The largest absolute Gasteiger partial charge is 0.330 e. The Labute approximate surface area is 180 Å². The summed E-state index contributed by atoms with van der Waals surface area (Å²) in [6.07, 6.45) is 1.68. The Hall–Kier alpha value is -2.55. The van der Waals surface area contributed by atoms with Crippen LogP contribution in [0.25, 0.3) is 0 Å². The fraction of sp³-hybridized carbons (Fsp3) is 0.545. The minimum absolute atomic E-state index is 0.0902. The molecule has 2 unspecified atom stereocenters. The average Bonchev–Trinajstić information content (AvgIpc) is 3.08. The van der Waals surface area contributed by atoms with Crippen molar-refractivity contribution in [3.8, 4) is 0 Å². The van der Waals surface area contributed by atoms with E-state index < -0.39 is 29.5 Å². The van der Waals surface area contributed by atoms with Crippen LogP contribution in [0.2, 0.25) is 0 Å². The SMILES string of the molecule is CCN(CC)CCCC(C)N1CC2=C(C1=O)C(c1cc(F)c(F)cc1F)NC(=O)N2C. The maximum Gasteiger partial charge on any atom is 0.322 e. The van der Waals surface area contributed by atoms with Crippen molar-refractivity contribution < 1.29 is 22.8 Å². The molecule has 1 aromatic carbocycles. The lowest BCUT2D eigenvalue weighted by Crippen LogP contribution is -2.45. The molecule has 2 heterocycles. The first-order valence-corrected chi connectivity index (χ1v) is 10.6. The predicted molar refractivity (Wildman–Crippen MR) is 111 cm³/mol. The molecule has 3 amide bonds. The minimum Gasteiger partial charge on any atom is -0.330 e. The fourth-order valence-corrected chi connectivity index (χ4v) is 4.24. The molecule has 9 heteroatoms. The van der Waals surface area contributed by atoms with Crippen LogP contribution in [0.3, 0.4) is 0 Å². The number of amides is 3. The van der Waals surface area contributed by atoms with Crippen LogP contribution < -0.4 is 5.32 Å². The molecule has 0 saturated heterocycles. The Balaban J connectivity index is 1.84. The van der Waals surface area contributed by atoms with Crippen molar-refractivity contribution in [3.05, 3.63) is 46.4 Å². The van der Waals surface area contributed by atoms with E-state index in [4.69, 9.17) is 0 Å². The van der Waals surface area contributed by atoms with Crippen LogP contribution >= 0.6 is 0 Å². The van der Waals surface area contributed by atoms with Crippen LogP contribution in [-0.4, -0.2) is 65.9 Å². The maximum absolute atomic E-state index is 14.5. The molecule has 3 rings (SSSR count). The lowest BCUT2D eigenvalue weighted by atomic mass is 9.95. The van der Waals surface area contributed by atoms with Gasteiger partial charge < -0.3 is 15.1 Å². The average molecular weight is 438 g/mol. The van der Waals surface area contributed by atoms with Gasteiger partial charge in [-0.05, 0) is 45.5 Å². The van der Waals surface area contributed by atoms with Gasteiger partial charge in [0.25, 0.3) is 5.91 Å². The van der Waals surface area contributed by atoms with E-state index in [-0.39, 0.29) is 29.6 Å². The first kappa shape index (κ1) is 23.1. The molecule has 0 spiro atoms. The van der Waals surface area contributed by atoms with Crippen molar-refractivity contribution in [3.63, 3.8) is 0 Å². The highest BCUT2D eigenvalue weighted by Crippen LogP contribution is 2.38. The van der Waals surface area contributed by atoms with Gasteiger partial charge in [0.15, 0.2) is 11.6 Å². The molecule has 1 aromatic rings. The molecular weight excluding hydrogens is 409 g/mol. The third kappa shape index (κ3) is 4.42. The summed E-state index contributed by atoms with van der Waals surface area (Å²) in [5, 5.41) is 2.55. The summed E-state index contributed by atoms with van der Waals surface area (Å²) >= 11 is 0. The quantitative estimate of drug-likeness (QED) is 0.633. The molecule has 31 heavy (non-hydrogen) atoms. The summed E-state index contributed by atoms with van der Waals surface area (Å²) in [6, 6.07) is -0.657. The standard InChI is InChI=1S/C22H29F3N4O2/c1-5-28(6-2)9-7-8-13(3)29-12-18-19(21(29)30)20(26-22(31)27(18)4)14-10-16(24)17(25)11-15(14)23/h10-11,13,20H,5-9,12H2,1-4H3,(H,26,31). The number of urea groups is 1. The maximum atomic E-state index is 14.5. The number of halogens is 3. The van der Waals surface area contributed by atoms with Crippen LogP contribution in [0.5, 0.6) is 0 Å². The van der Waals surface area contributed by atoms with E-state index in [0.717, 1.165) is 32.5 Å². The summed E-state index contributed by atoms with van der Waals surface area (Å²) in [5.74, 6) is -3.90. The number of hydrogen-bond donors (Lipinski definition) is 1. The monoisotopic (exact) mass is 438 g/mol. The van der Waals surface area contributed by atoms with Crippen LogP contribution in [0.1, 0.15) is 45.2 Å². The van der Waals surface area contributed by atoms with Gasteiger partial charge in [0.1, 0.15) is 5.82 Å². The van der Waals surface area contributed by atoms with Crippen molar-refractivity contribution in [1.82, 2.24) is 20.0 Å². The molecule has 0 fully saturated rings. The Bertz CT molecular complexity index is 901. The Morgan fingerprint density at radius 1 is 1.13 bits per heavy atom.